The summed E-state index contributed by atoms with van der Waals surface area (Å²) in [4.78, 5) is 1.51. The van der Waals surface area contributed by atoms with Crippen molar-refractivity contribution in [3.05, 3.63) is 40.9 Å². The summed E-state index contributed by atoms with van der Waals surface area (Å²) in [7, 11) is 0. The average Bonchev–Trinajstić information content (AvgIpc) is 2.42. The van der Waals surface area contributed by atoms with Gasteiger partial charge in [0.1, 0.15) is 0 Å². The summed E-state index contributed by atoms with van der Waals surface area (Å²) < 4.78 is 1.41. The molecule has 0 unspecified atom stereocenters. The maximum absolute atomic E-state index is 3.27. The molecular formula is C12H11NS. The first-order chi connectivity index (χ1) is 6.95. The summed E-state index contributed by atoms with van der Waals surface area (Å²) in [6.07, 6.45) is 5.40. The van der Waals surface area contributed by atoms with Gasteiger partial charge < -0.3 is 5.32 Å². The van der Waals surface area contributed by atoms with Crippen LogP contribution in [0.1, 0.15) is 10.4 Å². The molecule has 1 aromatic carbocycles. The van der Waals surface area contributed by atoms with Crippen LogP contribution in [-0.2, 0) is 6.42 Å². The summed E-state index contributed by atoms with van der Waals surface area (Å²) in [5.74, 6) is 0. The summed E-state index contributed by atoms with van der Waals surface area (Å²) in [5.41, 5.74) is 1.41. The molecule has 0 fully saturated rings. The fraction of sp³-hybridized carbons (Fsp3) is 0.167. The van der Waals surface area contributed by atoms with Crippen molar-refractivity contribution < 1.29 is 0 Å². The molecule has 1 aliphatic rings. The Balaban J connectivity index is 2.34. The molecule has 0 amide bonds. The van der Waals surface area contributed by atoms with Gasteiger partial charge in [-0.15, -0.1) is 11.3 Å². The second-order valence-electron chi connectivity index (χ2n) is 3.47. The first kappa shape index (κ1) is 8.06. The molecule has 0 bridgehead atoms. The van der Waals surface area contributed by atoms with Gasteiger partial charge in [-0.2, -0.15) is 0 Å². The van der Waals surface area contributed by atoms with E-state index < -0.39 is 0 Å². The molecule has 0 saturated carbocycles. The molecule has 0 saturated heterocycles. The molecule has 0 atom stereocenters. The average molecular weight is 201 g/mol. The molecule has 14 heavy (non-hydrogen) atoms. The van der Waals surface area contributed by atoms with Crippen molar-refractivity contribution in [3.8, 4) is 0 Å². The second-order valence-corrected chi connectivity index (χ2v) is 4.61. The van der Waals surface area contributed by atoms with Crippen LogP contribution in [0.25, 0.3) is 16.2 Å². The van der Waals surface area contributed by atoms with E-state index in [1.54, 1.807) is 0 Å². The molecule has 70 valence electrons. The predicted molar refractivity (Wildman–Crippen MR) is 62.6 cm³/mol. The van der Waals surface area contributed by atoms with Crippen LogP contribution in [0, 0.1) is 0 Å². The third kappa shape index (κ3) is 1.15. The highest BCUT2D eigenvalue weighted by atomic mass is 32.1. The van der Waals surface area contributed by atoms with Crippen LogP contribution in [0.15, 0.2) is 30.5 Å². The van der Waals surface area contributed by atoms with Crippen LogP contribution < -0.4 is 5.32 Å². The summed E-state index contributed by atoms with van der Waals surface area (Å²) in [6, 6.07) is 8.64. The number of nitrogens with one attached hydrogen (secondary N) is 1. The van der Waals surface area contributed by atoms with Crippen molar-refractivity contribution in [2.75, 3.05) is 6.54 Å². The SMILES string of the molecule is C1=Cc2c(sc3ccccc23)CCN1. The molecule has 0 spiro atoms. The number of thiophene rings is 1. The Morgan fingerprint density at radius 3 is 3.14 bits per heavy atom. The van der Waals surface area contributed by atoms with Gasteiger partial charge >= 0.3 is 0 Å². The molecule has 1 aliphatic heterocycles. The van der Waals surface area contributed by atoms with Gasteiger partial charge in [0.25, 0.3) is 0 Å². The maximum atomic E-state index is 3.27. The van der Waals surface area contributed by atoms with Gasteiger partial charge in [-0.3, -0.25) is 0 Å². The highest BCUT2D eigenvalue weighted by Gasteiger charge is 2.10. The van der Waals surface area contributed by atoms with E-state index in [0.717, 1.165) is 13.0 Å². The quantitative estimate of drug-likeness (QED) is 0.691. The normalized spacial score (nSPS) is 14.9. The Kier molecular flexibility index (Phi) is 1.81. The first-order valence-electron chi connectivity index (χ1n) is 4.85. The van der Waals surface area contributed by atoms with Gasteiger partial charge in [-0.1, -0.05) is 18.2 Å². The van der Waals surface area contributed by atoms with Crippen molar-refractivity contribution in [3.63, 3.8) is 0 Å². The lowest BCUT2D eigenvalue weighted by Gasteiger charge is -1.94. The lowest BCUT2D eigenvalue weighted by Crippen LogP contribution is -2.06. The monoisotopic (exact) mass is 201 g/mol. The smallest absolute Gasteiger partial charge is 0.0351 e. The highest BCUT2D eigenvalue weighted by molar-refractivity contribution is 7.19. The summed E-state index contributed by atoms with van der Waals surface area (Å²) in [5, 5.41) is 4.67. The molecule has 2 heterocycles. The third-order valence-electron chi connectivity index (χ3n) is 2.58. The van der Waals surface area contributed by atoms with Gasteiger partial charge in [-0.25, -0.2) is 0 Å². The Labute approximate surface area is 87.1 Å². The topological polar surface area (TPSA) is 12.0 Å². The number of benzene rings is 1. The van der Waals surface area contributed by atoms with Gasteiger partial charge in [0, 0.05) is 21.5 Å². The van der Waals surface area contributed by atoms with Gasteiger partial charge in [0.05, 0.1) is 0 Å². The Bertz CT molecular complexity index is 496. The van der Waals surface area contributed by atoms with Crippen LogP contribution in [0.5, 0.6) is 0 Å². The van der Waals surface area contributed by atoms with E-state index in [9.17, 15) is 0 Å². The summed E-state index contributed by atoms with van der Waals surface area (Å²) >= 11 is 1.92. The minimum absolute atomic E-state index is 1.05. The van der Waals surface area contributed by atoms with Crippen molar-refractivity contribution in [2.24, 2.45) is 0 Å². The first-order valence-corrected chi connectivity index (χ1v) is 5.67. The lowest BCUT2D eigenvalue weighted by molar-refractivity contribution is 0.852. The van der Waals surface area contributed by atoms with E-state index in [0.29, 0.717) is 0 Å². The molecular weight excluding hydrogens is 190 g/mol. The minimum Gasteiger partial charge on any atom is -0.391 e. The standard InChI is InChI=1S/C12H11NS/c1-2-4-11-9(3-1)10-5-7-13-8-6-12(10)14-11/h1-5,7,13H,6,8H2. The third-order valence-corrected chi connectivity index (χ3v) is 3.82. The molecule has 1 nitrogen and oxygen atoms in total. The van der Waals surface area contributed by atoms with E-state index in [1.807, 2.05) is 11.3 Å². The number of fused-ring (bicyclic) bond motifs is 3. The number of rotatable bonds is 0. The van der Waals surface area contributed by atoms with Crippen molar-refractivity contribution >= 4 is 27.5 Å². The predicted octanol–water partition coefficient (Wildman–Crippen LogP) is 3.02. The molecule has 1 aromatic heterocycles. The largest absolute Gasteiger partial charge is 0.391 e. The Morgan fingerprint density at radius 1 is 1.21 bits per heavy atom. The zero-order valence-electron chi connectivity index (χ0n) is 7.79. The van der Waals surface area contributed by atoms with Crippen LogP contribution in [0.3, 0.4) is 0 Å². The zero-order valence-corrected chi connectivity index (χ0v) is 8.60. The fourth-order valence-electron chi connectivity index (χ4n) is 1.90. The fourth-order valence-corrected chi connectivity index (χ4v) is 3.09. The summed E-state index contributed by atoms with van der Waals surface area (Å²) in [6.45, 7) is 1.05. The van der Waals surface area contributed by atoms with Crippen LogP contribution in [-0.4, -0.2) is 6.54 Å². The molecule has 2 heteroatoms. The maximum Gasteiger partial charge on any atom is 0.0351 e. The van der Waals surface area contributed by atoms with E-state index in [-0.39, 0.29) is 0 Å². The van der Waals surface area contributed by atoms with Gasteiger partial charge in [0.15, 0.2) is 0 Å². The Hall–Kier alpha value is -1.28. The van der Waals surface area contributed by atoms with Crippen molar-refractivity contribution in [1.29, 1.82) is 0 Å². The Morgan fingerprint density at radius 2 is 2.14 bits per heavy atom. The molecule has 1 N–H and O–H groups in total. The van der Waals surface area contributed by atoms with Crippen LogP contribution >= 0.6 is 11.3 Å². The van der Waals surface area contributed by atoms with E-state index in [1.165, 1.54) is 20.5 Å². The second kappa shape index (κ2) is 3.14. The number of hydrogen-bond acceptors (Lipinski definition) is 2. The molecule has 2 aromatic rings. The lowest BCUT2D eigenvalue weighted by atomic mass is 10.1. The molecule has 0 radical (unpaired) electrons. The number of hydrogen-bond donors (Lipinski definition) is 1. The van der Waals surface area contributed by atoms with Gasteiger partial charge in [-0.05, 0) is 30.3 Å². The van der Waals surface area contributed by atoms with Crippen molar-refractivity contribution in [2.45, 2.75) is 6.42 Å². The zero-order chi connectivity index (χ0) is 9.38. The van der Waals surface area contributed by atoms with Crippen LogP contribution in [0.2, 0.25) is 0 Å². The van der Waals surface area contributed by atoms with E-state index in [4.69, 9.17) is 0 Å². The molecule has 0 aliphatic carbocycles. The molecule has 3 rings (SSSR count). The highest BCUT2D eigenvalue weighted by Crippen LogP contribution is 2.32. The van der Waals surface area contributed by atoms with Gasteiger partial charge in [0.2, 0.25) is 0 Å². The van der Waals surface area contributed by atoms with Crippen molar-refractivity contribution in [1.82, 2.24) is 5.32 Å². The van der Waals surface area contributed by atoms with E-state index in [2.05, 4.69) is 41.9 Å². The van der Waals surface area contributed by atoms with Crippen LogP contribution in [0.4, 0.5) is 0 Å². The minimum atomic E-state index is 1.05. The van der Waals surface area contributed by atoms with E-state index >= 15 is 0 Å².